The maximum atomic E-state index is 5.64. The van der Waals surface area contributed by atoms with Gasteiger partial charge in [-0.05, 0) is 37.1 Å². The summed E-state index contributed by atoms with van der Waals surface area (Å²) in [6.45, 7) is 5.43. The molecule has 0 aromatic heterocycles. The van der Waals surface area contributed by atoms with E-state index in [1.165, 1.54) is 12.8 Å². The highest BCUT2D eigenvalue weighted by molar-refractivity contribution is 4.94. The summed E-state index contributed by atoms with van der Waals surface area (Å²) in [5.74, 6) is 2.35. The van der Waals surface area contributed by atoms with Crippen molar-refractivity contribution in [3.8, 4) is 0 Å². The second kappa shape index (κ2) is 3.91. The van der Waals surface area contributed by atoms with E-state index in [-0.39, 0.29) is 0 Å². The standard InChI is InChI=1S/C10H19N/c1-8-5-3-4-6-10(8)9(2)7-11/h3-4,8-10H,5-7,11H2,1-2H3. The van der Waals surface area contributed by atoms with Gasteiger partial charge in [-0.2, -0.15) is 0 Å². The third-order valence-electron chi connectivity index (χ3n) is 2.92. The Morgan fingerprint density at radius 2 is 2.09 bits per heavy atom. The first-order valence-corrected chi connectivity index (χ1v) is 4.60. The van der Waals surface area contributed by atoms with Crippen LogP contribution in [-0.4, -0.2) is 6.54 Å². The molecule has 0 aromatic rings. The van der Waals surface area contributed by atoms with Gasteiger partial charge >= 0.3 is 0 Å². The van der Waals surface area contributed by atoms with Gasteiger partial charge in [0.1, 0.15) is 0 Å². The smallest absolute Gasteiger partial charge is 0.00486 e. The summed E-state index contributed by atoms with van der Waals surface area (Å²) in [5, 5.41) is 0. The Hall–Kier alpha value is -0.300. The zero-order valence-electron chi connectivity index (χ0n) is 7.59. The minimum absolute atomic E-state index is 0.690. The average molecular weight is 153 g/mol. The van der Waals surface area contributed by atoms with Gasteiger partial charge in [0.25, 0.3) is 0 Å². The molecular weight excluding hydrogens is 134 g/mol. The molecule has 11 heavy (non-hydrogen) atoms. The summed E-state index contributed by atoms with van der Waals surface area (Å²) in [6.07, 6.45) is 7.08. The van der Waals surface area contributed by atoms with Crippen molar-refractivity contribution in [1.29, 1.82) is 0 Å². The van der Waals surface area contributed by atoms with Crippen LogP contribution in [-0.2, 0) is 0 Å². The topological polar surface area (TPSA) is 26.0 Å². The van der Waals surface area contributed by atoms with Gasteiger partial charge in [0, 0.05) is 0 Å². The lowest BCUT2D eigenvalue weighted by molar-refractivity contribution is 0.254. The van der Waals surface area contributed by atoms with Crippen LogP contribution in [0.25, 0.3) is 0 Å². The molecule has 1 heteroatoms. The van der Waals surface area contributed by atoms with Gasteiger partial charge in [-0.1, -0.05) is 26.0 Å². The Balaban J connectivity index is 2.49. The molecule has 0 saturated heterocycles. The minimum atomic E-state index is 0.690. The Bertz CT molecular complexity index is 140. The summed E-state index contributed by atoms with van der Waals surface area (Å²) >= 11 is 0. The highest BCUT2D eigenvalue weighted by Crippen LogP contribution is 2.30. The lowest BCUT2D eigenvalue weighted by Crippen LogP contribution is -2.26. The van der Waals surface area contributed by atoms with Crippen molar-refractivity contribution in [3.05, 3.63) is 12.2 Å². The first kappa shape index (κ1) is 8.79. The van der Waals surface area contributed by atoms with Crippen molar-refractivity contribution in [3.63, 3.8) is 0 Å². The number of rotatable bonds is 2. The van der Waals surface area contributed by atoms with E-state index in [0.717, 1.165) is 18.4 Å². The maximum Gasteiger partial charge on any atom is -0.00486 e. The monoisotopic (exact) mass is 153 g/mol. The van der Waals surface area contributed by atoms with Crippen LogP contribution < -0.4 is 5.73 Å². The summed E-state index contributed by atoms with van der Waals surface area (Å²) < 4.78 is 0. The van der Waals surface area contributed by atoms with Crippen LogP contribution in [0.1, 0.15) is 26.7 Å². The van der Waals surface area contributed by atoms with Crippen molar-refractivity contribution in [2.75, 3.05) is 6.54 Å². The zero-order valence-corrected chi connectivity index (χ0v) is 7.59. The van der Waals surface area contributed by atoms with Gasteiger partial charge in [-0.15, -0.1) is 0 Å². The second-order valence-electron chi connectivity index (χ2n) is 3.80. The summed E-state index contributed by atoms with van der Waals surface area (Å²) in [5.41, 5.74) is 5.64. The van der Waals surface area contributed by atoms with Crippen LogP contribution in [0.5, 0.6) is 0 Å². The van der Waals surface area contributed by atoms with Gasteiger partial charge in [0.15, 0.2) is 0 Å². The molecule has 0 aromatic carbocycles. The number of hydrogen-bond acceptors (Lipinski definition) is 1. The van der Waals surface area contributed by atoms with Crippen LogP contribution >= 0.6 is 0 Å². The summed E-state index contributed by atoms with van der Waals surface area (Å²) in [7, 11) is 0. The largest absolute Gasteiger partial charge is 0.330 e. The van der Waals surface area contributed by atoms with Gasteiger partial charge in [0.2, 0.25) is 0 Å². The van der Waals surface area contributed by atoms with E-state index in [1.807, 2.05) is 0 Å². The normalized spacial score (nSPS) is 33.7. The van der Waals surface area contributed by atoms with Crippen LogP contribution in [0.15, 0.2) is 12.2 Å². The molecule has 2 N–H and O–H groups in total. The predicted molar refractivity (Wildman–Crippen MR) is 49.2 cm³/mol. The van der Waals surface area contributed by atoms with E-state index in [1.54, 1.807) is 0 Å². The maximum absolute atomic E-state index is 5.64. The highest BCUT2D eigenvalue weighted by atomic mass is 14.6. The van der Waals surface area contributed by atoms with E-state index in [2.05, 4.69) is 26.0 Å². The van der Waals surface area contributed by atoms with Crippen molar-refractivity contribution in [1.82, 2.24) is 0 Å². The Morgan fingerprint density at radius 3 is 2.64 bits per heavy atom. The molecule has 0 saturated carbocycles. The molecule has 0 aliphatic heterocycles. The fourth-order valence-corrected chi connectivity index (χ4v) is 1.94. The van der Waals surface area contributed by atoms with Crippen molar-refractivity contribution >= 4 is 0 Å². The SMILES string of the molecule is CC(CN)C1CC=CCC1C. The Kier molecular flexibility index (Phi) is 3.13. The molecule has 64 valence electrons. The fourth-order valence-electron chi connectivity index (χ4n) is 1.94. The lowest BCUT2D eigenvalue weighted by atomic mass is 9.77. The van der Waals surface area contributed by atoms with Crippen LogP contribution in [0.3, 0.4) is 0 Å². The first-order chi connectivity index (χ1) is 5.25. The summed E-state index contributed by atoms with van der Waals surface area (Å²) in [4.78, 5) is 0. The van der Waals surface area contributed by atoms with Crippen LogP contribution in [0.4, 0.5) is 0 Å². The zero-order chi connectivity index (χ0) is 8.27. The third-order valence-corrected chi connectivity index (χ3v) is 2.92. The Labute approximate surface area is 69.7 Å². The molecule has 1 aliphatic rings. The minimum Gasteiger partial charge on any atom is -0.330 e. The molecule has 0 heterocycles. The van der Waals surface area contributed by atoms with E-state index in [0.29, 0.717) is 5.92 Å². The van der Waals surface area contributed by atoms with Gasteiger partial charge in [-0.25, -0.2) is 0 Å². The molecule has 0 fully saturated rings. The van der Waals surface area contributed by atoms with E-state index >= 15 is 0 Å². The molecule has 1 nitrogen and oxygen atoms in total. The van der Waals surface area contributed by atoms with Crippen LogP contribution in [0.2, 0.25) is 0 Å². The quantitative estimate of drug-likeness (QED) is 0.605. The molecule has 1 rings (SSSR count). The van der Waals surface area contributed by atoms with E-state index in [9.17, 15) is 0 Å². The van der Waals surface area contributed by atoms with E-state index < -0.39 is 0 Å². The van der Waals surface area contributed by atoms with Crippen molar-refractivity contribution < 1.29 is 0 Å². The number of hydrogen-bond donors (Lipinski definition) is 1. The lowest BCUT2D eigenvalue weighted by Gasteiger charge is -2.29. The molecule has 0 spiro atoms. The molecule has 1 aliphatic carbocycles. The van der Waals surface area contributed by atoms with Gasteiger partial charge < -0.3 is 5.73 Å². The molecular formula is C10H19N. The number of nitrogens with two attached hydrogens (primary N) is 1. The summed E-state index contributed by atoms with van der Waals surface area (Å²) in [6, 6.07) is 0. The third kappa shape index (κ3) is 2.06. The van der Waals surface area contributed by atoms with E-state index in [4.69, 9.17) is 5.73 Å². The Morgan fingerprint density at radius 1 is 1.45 bits per heavy atom. The second-order valence-corrected chi connectivity index (χ2v) is 3.80. The first-order valence-electron chi connectivity index (χ1n) is 4.60. The van der Waals surface area contributed by atoms with Gasteiger partial charge in [0.05, 0.1) is 0 Å². The number of allylic oxidation sites excluding steroid dienone is 2. The molecule has 0 amide bonds. The van der Waals surface area contributed by atoms with Crippen LogP contribution in [0, 0.1) is 17.8 Å². The molecule has 3 atom stereocenters. The molecule has 0 radical (unpaired) electrons. The van der Waals surface area contributed by atoms with Crippen molar-refractivity contribution in [2.45, 2.75) is 26.7 Å². The fraction of sp³-hybridized carbons (Fsp3) is 0.800. The van der Waals surface area contributed by atoms with Gasteiger partial charge in [-0.3, -0.25) is 0 Å². The molecule has 0 bridgehead atoms. The average Bonchev–Trinajstić information content (AvgIpc) is 2.04. The van der Waals surface area contributed by atoms with Crippen molar-refractivity contribution in [2.24, 2.45) is 23.5 Å². The predicted octanol–water partition coefficient (Wildman–Crippen LogP) is 2.18. The highest BCUT2D eigenvalue weighted by Gasteiger charge is 2.22. The molecule has 3 unspecified atom stereocenters.